The minimum absolute atomic E-state index is 0.0388. The lowest BCUT2D eigenvalue weighted by Crippen LogP contribution is -2.29. The number of benzene rings is 1. The highest BCUT2D eigenvalue weighted by molar-refractivity contribution is 6.30. The van der Waals surface area contributed by atoms with Gasteiger partial charge in [0.2, 0.25) is 5.91 Å². The Morgan fingerprint density at radius 1 is 1.47 bits per heavy atom. The monoisotopic (exact) mass is 278 g/mol. The molecule has 1 heterocycles. The van der Waals surface area contributed by atoms with Gasteiger partial charge in [0.15, 0.2) is 0 Å². The van der Waals surface area contributed by atoms with Crippen LogP contribution in [0.15, 0.2) is 36.5 Å². The van der Waals surface area contributed by atoms with Gasteiger partial charge in [-0.1, -0.05) is 23.7 Å². The Morgan fingerprint density at radius 3 is 2.89 bits per heavy atom. The van der Waals surface area contributed by atoms with Crippen LogP contribution in [0.5, 0.6) is 0 Å². The predicted molar refractivity (Wildman–Crippen MR) is 74.6 cm³/mol. The molecule has 0 aliphatic rings. The van der Waals surface area contributed by atoms with Crippen LogP contribution >= 0.6 is 11.6 Å². The van der Waals surface area contributed by atoms with E-state index in [1.165, 1.54) is 4.68 Å². The first-order chi connectivity index (χ1) is 9.04. The molecule has 0 radical (unpaired) electrons. The molecule has 2 aromatic rings. The SMILES string of the molecule is CN(Cc1cccc(Cl)c1)C(=O)Cn1ccc(N)n1. The van der Waals surface area contributed by atoms with Crippen LogP contribution in [0.2, 0.25) is 5.02 Å². The van der Waals surface area contributed by atoms with Crippen LogP contribution in [0, 0.1) is 0 Å². The molecule has 1 aromatic carbocycles. The molecule has 0 aliphatic heterocycles. The summed E-state index contributed by atoms with van der Waals surface area (Å²) in [7, 11) is 1.75. The van der Waals surface area contributed by atoms with Crippen molar-refractivity contribution < 1.29 is 4.79 Å². The van der Waals surface area contributed by atoms with Crippen LogP contribution in [0.1, 0.15) is 5.56 Å². The smallest absolute Gasteiger partial charge is 0.244 e. The van der Waals surface area contributed by atoms with Gasteiger partial charge in [-0.25, -0.2) is 0 Å². The van der Waals surface area contributed by atoms with Gasteiger partial charge in [0, 0.05) is 24.8 Å². The topological polar surface area (TPSA) is 64.2 Å². The maximum Gasteiger partial charge on any atom is 0.244 e. The first-order valence-corrected chi connectivity index (χ1v) is 6.20. The lowest BCUT2D eigenvalue weighted by Gasteiger charge is -2.17. The van der Waals surface area contributed by atoms with E-state index in [9.17, 15) is 4.79 Å². The number of nitrogens with two attached hydrogens (primary N) is 1. The number of carbonyl (C=O) groups is 1. The minimum Gasteiger partial charge on any atom is -0.382 e. The maximum atomic E-state index is 12.0. The Bertz CT molecular complexity index is 582. The van der Waals surface area contributed by atoms with E-state index in [4.69, 9.17) is 17.3 Å². The molecular weight excluding hydrogens is 264 g/mol. The number of nitrogens with zero attached hydrogens (tertiary/aromatic N) is 3. The zero-order chi connectivity index (χ0) is 13.8. The molecule has 1 amide bonds. The third-order valence-electron chi connectivity index (χ3n) is 2.69. The summed E-state index contributed by atoms with van der Waals surface area (Å²) >= 11 is 5.91. The average Bonchev–Trinajstić information content (AvgIpc) is 2.74. The van der Waals surface area contributed by atoms with Crippen molar-refractivity contribution >= 4 is 23.3 Å². The van der Waals surface area contributed by atoms with E-state index in [1.54, 1.807) is 30.3 Å². The fraction of sp³-hybridized carbons (Fsp3) is 0.231. The largest absolute Gasteiger partial charge is 0.382 e. The Hall–Kier alpha value is -2.01. The lowest BCUT2D eigenvalue weighted by atomic mass is 10.2. The van der Waals surface area contributed by atoms with E-state index in [0.717, 1.165) is 5.56 Å². The van der Waals surface area contributed by atoms with E-state index in [0.29, 0.717) is 17.4 Å². The number of likely N-dealkylation sites (N-methyl/N-ethyl adjacent to an activating group) is 1. The van der Waals surface area contributed by atoms with Crippen molar-refractivity contribution in [2.24, 2.45) is 0 Å². The first-order valence-electron chi connectivity index (χ1n) is 5.82. The molecule has 5 nitrogen and oxygen atoms in total. The number of carbonyl (C=O) groups excluding carboxylic acids is 1. The van der Waals surface area contributed by atoms with Crippen LogP contribution in [0.25, 0.3) is 0 Å². The van der Waals surface area contributed by atoms with Gasteiger partial charge in [0.25, 0.3) is 0 Å². The second-order valence-corrected chi connectivity index (χ2v) is 4.75. The Balaban J connectivity index is 1.96. The second-order valence-electron chi connectivity index (χ2n) is 4.32. The van der Waals surface area contributed by atoms with Crippen LogP contribution in [0.3, 0.4) is 0 Å². The van der Waals surface area contributed by atoms with E-state index in [1.807, 2.05) is 18.2 Å². The maximum absolute atomic E-state index is 12.0. The number of rotatable bonds is 4. The number of hydrogen-bond acceptors (Lipinski definition) is 3. The molecule has 0 atom stereocenters. The first kappa shape index (κ1) is 13.4. The highest BCUT2D eigenvalue weighted by atomic mass is 35.5. The fourth-order valence-corrected chi connectivity index (χ4v) is 1.93. The summed E-state index contributed by atoms with van der Waals surface area (Å²) in [5, 5.41) is 4.65. The van der Waals surface area contributed by atoms with Gasteiger partial charge in [-0.3, -0.25) is 9.48 Å². The molecule has 0 bridgehead atoms. The van der Waals surface area contributed by atoms with Crippen molar-refractivity contribution in [3.05, 3.63) is 47.1 Å². The Kier molecular flexibility index (Phi) is 4.06. The third-order valence-corrected chi connectivity index (χ3v) is 2.93. The number of amides is 1. The van der Waals surface area contributed by atoms with Crippen molar-refractivity contribution in [1.82, 2.24) is 14.7 Å². The molecule has 2 N–H and O–H groups in total. The molecule has 0 saturated carbocycles. The highest BCUT2D eigenvalue weighted by Crippen LogP contribution is 2.12. The molecule has 1 aromatic heterocycles. The van der Waals surface area contributed by atoms with E-state index >= 15 is 0 Å². The van der Waals surface area contributed by atoms with Crippen molar-refractivity contribution in [3.63, 3.8) is 0 Å². The quantitative estimate of drug-likeness (QED) is 0.927. The molecule has 0 unspecified atom stereocenters. The van der Waals surface area contributed by atoms with Crippen molar-refractivity contribution in [2.75, 3.05) is 12.8 Å². The number of nitrogen functional groups attached to an aromatic ring is 1. The van der Waals surface area contributed by atoms with Crippen LogP contribution in [0.4, 0.5) is 5.82 Å². The highest BCUT2D eigenvalue weighted by Gasteiger charge is 2.10. The van der Waals surface area contributed by atoms with Crippen LogP contribution in [-0.4, -0.2) is 27.6 Å². The standard InChI is InChI=1S/C13H15ClN4O/c1-17(8-10-3-2-4-11(14)7-10)13(19)9-18-6-5-12(15)16-18/h2-7H,8-9H2,1H3,(H2,15,16). The van der Waals surface area contributed by atoms with E-state index in [2.05, 4.69) is 5.10 Å². The van der Waals surface area contributed by atoms with Gasteiger partial charge in [-0.15, -0.1) is 0 Å². The normalized spacial score (nSPS) is 10.4. The Morgan fingerprint density at radius 2 is 2.26 bits per heavy atom. The van der Waals surface area contributed by atoms with Gasteiger partial charge >= 0.3 is 0 Å². The molecule has 19 heavy (non-hydrogen) atoms. The molecule has 0 spiro atoms. The fourth-order valence-electron chi connectivity index (χ4n) is 1.72. The van der Waals surface area contributed by atoms with Gasteiger partial charge < -0.3 is 10.6 Å². The number of halogens is 1. The molecular formula is C13H15ClN4O. The summed E-state index contributed by atoms with van der Waals surface area (Å²) in [4.78, 5) is 13.6. The predicted octanol–water partition coefficient (Wildman–Crippen LogP) is 1.78. The van der Waals surface area contributed by atoms with Crippen molar-refractivity contribution in [1.29, 1.82) is 0 Å². The lowest BCUT2D eigenvalue weighted by molar-refractivity contribution is -0.131. The zero-order valence-corrected chi connectivity index (χ0v) is 11.3. The molecule has 6 heteroatoms. The summed E-state index contributed by atoms with van der Waals surface area (Å²) < 4.78 is 1.52. The summed E-state index contributed by atoms with van der Waals surface area (Å²) in [6.45, 7) is 0.685. The average molecular weight is 279 g/mol. The number of hydrogen-bond donors (Lipinski definition) is 1. The van der Waals surface area contributed by atoms with Crippen molar-refractivity contribution in [2.45, 2.75) is 13.1 Å². The summed E-state index contributed by atoms with van der Waals surface area (Å²) in [6, 6.07) is 9.10. The second kappa shape index (κ2) is 5.75. The third kappa shape index (κ3) is 3.72. The summed E-state index contributed by atoms with van der Waals surface area (Å²) in [5.74, 6) is 0.369. The molecule has 0 saturated heterocycles. The number of anilines is 1. The van der Waals surface area contributed by atoms with Gasteiger partial charge in [-0.05, 0) is 23.8 Å². The molecule has 0 aliphatic carbocycles. The van der Waals surface area contributed by atoms with Gasteiger partial charge in [0.05, 0.1) is 0 Å². The van der Waals surface area contributed by atoms with Crippen molar-refractivity contribution in [3.8, 4) is 0 Å². The van der Waals surface area contributed by atoms with Crippen LogP contribution in [-0.2, 0) is 17.9 Å². The molecule has 100 valence electrons. The summed E-state index contributed by atoms with van der Waals surface area (Å²) in [5.41, 5.74) is 6.49. The summed E-state index contributed by atoms with van der Waals surface area (Å²) in [6.07, 6.45) is 1.68. The van der Waals surface area contributed by atoms with E-state index in [-0.39, 0.29) is 12.5 Å². The molecule has 2 rings (SSSR count). The van der Waals surface area contributed by atoms with Gasteiger partial charge in [-0.2, -0.15) is 5.10 Å². The minimum atomic E-state index is -0.0388. The zero-order valence-electron chi connectivity index (χ0n) is 10.6. The molecule has 0 fully saturated rings. The number of aromatic nitrogens is 2. The Labute approximate surface area is 116 Å². The van der Waals surface area contributed by atoms with Gasteiger partial charge in [0.1, 0.15) is 12.4 Å². The van der Waals surface area contributed by atoms with E-state index < -0.39 is 0 Å². The van der Waals surface area contributed by atoms with Crippen LogP contribution < -0.4 is 5.73 Å².